The number of para-hydroxylation sites is 4. The normalized spacial score (nSPS) is 12.4. The highest BCUT2D eigenvalue weighted by molar-refractivity contribution is 6.30. The maximum absolute atomic E-state index is 6.24. The molecule has 0 saturated carbocycles. The zero-order valence-corrected chi connectivity index (χ0v) is 30.5. The minimum absolute atomic E-state index is 0.694. The summed E-state index contributed by atoms with van der Waals surface area (Å²) in [6.45, 7) is 0. The van der Waals surface area contributed by atoms with Gasteiger partial charge in [0.25, 0.3) is 0 Å². The Morgan fingerprint density at radius 1 is 0.351 bits per heavy atom. The first-order valence-corrected chi connectivity index (χ1v) is 19.3. The van der Waals surface area contributed by atoms with E-state index in [2.05, 4.69) is 155 Å². The second-order valence-corrected chi connectivity index (χ2v) is 14.9. The molecule has 0 aliphatic carbocycles. The van der Waals surface area contributed by atoms with Crippen molar-refractivity contribution in [3.63, 3.8) is 0 Å². The van der Waals surface area contributed by atoms with Crippen LogP contribution in [-0.2, 0) is 0 Å². The van der Waals surface area contributed by atoms with Gasteiger partial charge in [0.2, 0.25) is 0 Å². The van der Waals surface area contributed by atoms with Crippen molar-refractivity contribution in [3.05, 3.63) is 182 Å². The standard InChI is InChI=1S/C52H30N4O/c1-2-11-32(12-3-1)55-42-17-7-4-13-38(42)48-36-25-26-37-35(34(36)27-29-44(48)55)28-30-45-49(37)39-14-5-8-18-43(39)56(45)33-23-21-31(22-24-33)52-53-41-16-10-20-47-50(41)51(54-52)40-15-6-9-19-46(40)57-47/h1-30H. The van der Waals surface area contributed by atoms with Gasteiger partial charge in [0.1, 0.15) is 11.5 Å². The zero-order chi connectivity index (χ0) is 37.2. The van der Waals surface area contributed by atoms with E-state index in [4.69, 9.17) is 14.7 Å². The van der Waals surface area contributed by atoms with Crippen LogP contribution in [0.5, 0.6) is 11.5 Å². The highest BCUT2D eigenvalue weighted by atomic mass is 16.5. The fourth-order valence-electron chi connectivity index (χ4n) is 9.48. The Kier molecular flexibility index (Phi) is 6.10. The van der Waals surface area contributed by atoms with E-state index in [1.54, 1.807) is 0 Å². The molecule has 57 heavy (non-hydrogen) atoms. The summed E-state index contributed by atoms with van der Waals surface area (Å²) >= 11 is 0. The fourth-order valence-corrected chi connectivity index (χ4v) is 9.48. The molecule has 5 nitrogen and oxygen atoms in total. The number of ether oxygens (including phenoxy) is 1. The second-order valence-electron chi connectivity index (χ2n) is 14.9. The molecule has 0 bridgehead atoms. The van der Waals surface area contributed by atoms with Gasteiger partial charge in [0, 0.05) is 44.0 Å². The van der Waals surface area contributed by atoms with E-state index in [0.29, 0.717) is 5.82 Å². The van der Waals surface area contributed by atoms with Crippen molar-refractivity contribution in [2.75, 3.05) is 0 Å². The molecule has 0 unspecified atom stereocenters. The van der Waals surface area contributed by atoms with E-state index < -0.39 is 0 Å². The lowest BCUT2D eigenvalue weighted by atomic mass is 9.96. The van der Waals surface area contributed by atoms with Crippen LogP contribution in [0.1, 0.15) is 0 Å². The maximum atomic E-state index is 6.24. The summed E-state index contributed by atoms with van der Waals surface area (Å²) in [4.78, 5) is 10.2. The van der Waals surface area contributed by atoms with Crippen molar-refractivity contribution in [1.29, 1.82) is 0 Å². The molecule has 0 radical (unpaired) electrons. The largest absolute Gasteiger partial charge is 0.456 e. The van der Waals surface area contributed by atoms with E-state index in [-0.39, 0.29) is 0 Å². The number of hydrogen-bond acceptors (Lipinski definition) is 3. The molecule has 264 valence electrons. The van der Waals surface area contributed by atoms with Gasteiger partial charge in [-0.1, -0.05) is 97.1 Å². The molecule has 3 aromatic heterocycles. The fraction of sp³-hybridized carbons (Fsp3) is 0. The lowest BCUT2D eigenvalue weighted by molar-refractivity contribution is 0.486. The monoisotopic (exact) mass is 726 g/mol. The van der Waals surface area contributed by atoms with E-state index in [0.717, 1.165) is 44.9 Å². The highest BCUT2D eigenvalue weighted by Crippen LogP contribution is 2.46. The van der Waals surface area contributed by atoms with Crippen molar-refractivity contribution in [3.8, 4) is 45.5 Å². The predicted octanol–water partition coefficient (Wildman–Crippen LogP) is 13.6. The molecule has 0 amide bonds. The maximum Gasteiger partial charge on any atom is 0.160 e. The first kappa shape index (κ1) is 30.6. The predicted molar refractivity (Wildman–Crippen MR) is 234 cm³/mol. The number of rotatable bonds is 3. The van der Waals surface area contributed by atoms with Gasteiger partial charge in [0.15, 0.2) is 5.82 Å². The average Bonchev–Trinajstić information content (AvgIpc) is 3.80. The molecule has 0 fully saturated rings. The van der Waals surface area contributed by atoms with Crippen molar-refractivity contribution in [1.82, 2.24) is 19.1 Å². The van der Waals surface area contributed by atoms with Crippen LogP contribution in [0.4, 0.5) is 0 Å². The molecule has 1 aliphatic heterocycles. The third-order valence-electron chi connectivity index (χ3n) is 11.9. The first-order valence-electron chi connectivity index (χ1n) is 19.3. The molecule has 1 aliphatic rings. The van der Waals surface area contributed by atoms with Crippen molar-refractivity contribution < 1.29 is 4.74 Å². The quantitative estimate of drug-likeness (QED) is 0.170. The molecule has 9 aromatic carbocycles. The highest BCUT2D eigenvalue weighted by Gasteiger charge is 2.24. The van der Waals surface area contributed by atoms with Crippen LogP contribution < -0.4 is 4.74 Å². The summed E-state index contributed by atoms with van der Waals surface area (Å²) in [7, 11) is 0. The third-order valence-corrected chi connectivity index (χ3v) is 11.9. The Balaban J connectivity index is 0.988. The van der Waals surface area contributed by atoms with Gasteiger partial charge in [-0.05, 0) is 106 Å². The summed E-state index contributed by atoms with van der Waals surface area (Å²) in [5, 5.41) is 11.0. The summed E-state index contributed by atoms with van der Waals surface area (Å²) in [6, 6.07) is 64.9. The van der Waals surface area contributed by atoms with Gasteiger partial charge in [-0.15, -0.1) is 0 Å². The van der Waals surface area contributed by atoms with Crippen molar-refractivity contribution in [2.24, 2.45) is 0 Å². The summed E-state index contributed by atoms with van der Waals surface area (Å²) < 4.78 is 11.0. The van der Waals surface area contributed by atoms with Gasteiger partial charge < -0.3 is 13.9 Å². The van der Waals surface area contributed by atoms with Crippen LogP contribution >= 0.6 is 0 Å². The molecule has 13 rings (SSSR count). The minimum atomic E-state index is 0.694. The molecule has 12 aromatic rings. The zero-order valence-electron chi connectivity index (χ0n) is 30.5. The Morgan fingerprint density at radius 2 is 0.912 bits per heavy atom. The second kappa shape index (κ2) is 11.4. The number of aromatic nitrogens is 4. The summed E-state index contributed by atoms with van der Waals surface area (Å²) in [6.07, 6.45) is 0. The Morgan fingerprint density at radius 3 is 1.60 bits per heavy atom. The Bertz CT molecular complexity index is 3650. The smallest absolute Gasteiger partial charge is 0.160 e. The Labute approximate surface area is 326 Å². The van der Waals surface area contributed by atoms with Crippen molar-refractivity contribution in [2.45, 2.75) is 0 Å². The van der Waals surface area contributed by atoms with Gasteiger partial charge in [-0.2, -0.15) is 0 Å². The molecular formula is C52H30N4O. The van der Waals surface area contributed by atoms with E-state index in [1.807, 2.05) is 36.4 Å². The number of benzene rings is 9. The molecule has 0 atom stereocenters. The van der Waals surface area contributed by atoms with Crippen LogP contribution in [0, 0.1) is 0 Å². The van der Waals surface area contributed by atoms with Crippen LogP contribution in [0.15, 0.2) is 182 Å². The van der Waals surface area contributed by atoms with Gasteiger partial charge in [-0.3, -0.25) is 0 Å². The Hall–Kier alpha value is -7.76. The summed E-state index contributed by atoms with van der Waals surface area (Å²) in [5.74, 6) is 2.30. The minimum Gasteiger partial charge on any atom is -0.456 e. The number of fused-ring (bicyclic) bond motifs is 13. The van der Waals surface area contributed by atoms with Crippen LogP contribution in [-0.4, -0.2) is 19.1 Å². The SMILES string of the molecule is c1ccc(-n2c3ccccc3c3c4ccc5c(ccc6c5c5ccccc5n6-c5ccc(-c6nc7c8c(cccc8n6)Oc6ccccc6-7)cc5)c4ccc32)cc1. The molecular weight excluding hydrogens is 697 g/mol. The van der Waals surface area contributed by atoms with Crippen LogP contribution in [0.2, 0.25) is 0 Å². The van der Waals surface area contributed by atoms with E-state index in [1.165, 1.54) is 70.8 Å². The van der Waals surface area contributed by atoms with Gasteiger partial charge in [0.05, 0.1) is 38.7 Å². The van der Waals surface area contributed by atoms with Crippen LogP contribution in [0.25, 0.3) is 110 Å². The van der Waals surface area contributed by atoms with Crippen LogP contribution in [0.3, 0.4) is 0 Å². The molecule has 0 saturated heterocycles. The van der Waals surface area contributed by atoms with E-state index >= 15 is 0 Å². The van der Waals surface area contributed by atoms with Crippen molar-refractivity contribution >= 4 is 76.1 Å². The van der Waals surface area contributed by atoms with E-state index in [9.17, 15) is 0 Å². The average molecular weight is 727 g/mol. The van der Waals surface area contributed by atoms with Gasteiger partial charge >= 0.3 is 0 Å². The lowest BCUT2D eigenvalue weighted by Crippen LogP contribution is -2.02. The first-order chi connectivity index (χ1) is 28.3. The van der Waals surface area contributed by atoms with Gasteiger partial charge in [-0.25, -0.2) is 9.97 Å². The summed E-state index contributed by atoms with van der Waals surface area (Å²) in [5.41, 5.74) is 10.7. The molecule has 0 spiro atoms. The third kappa shape index (κ3) is 4.23. The molecule has 4 heterocycles. The number of hydrogen-bond donors (Lipinski definition) is 0. The molecule has 0 N–H and O–H groups in total. The lowest BCUT2D eigenvalue weighted by Gasteiger charge is -2.20. The molecule has 5 heteroatoms. The topological polar surface area (TPSA) is 44.9 Å². The number of nitrogens with zero attached hydrogens (tertiary/aromatic N) is 4.